The number of carbonyl (C=O) groups is 1. The van der Waals surface area contributed by atoms with E-state index in [1.807, 2.05) is 19.1 Å². The number of ether oxygens (including phenoxy) is 1. The van der Waals surface area contributed by atoms with Crippen LogP contribution in [0.1, 0.15) is 32.6 Å². The smallest absolute Gasteiger partial charge is 0.243 e. The first-order valence-electron chi connectivity index (χ1n) is 9.61. The van der Waals surface area contributed by atoms with E-state index in [0.29, 0.717) is 31.0 Å². The lowest BCUT2D eigenvalue weighted by atomic mass is 10.0. The van der Waals surface area contributed by atoms with Crippen molar-refractivity contribution in [1.82, 2.24) is 4.31 Å². The molecule has 2 aromatic rings. The Morgan fingerprint density at radius 2 is 1.82 bits per heavy atom. The highest BCUT2D eigenvalue weighted by Gasteiger charge is 2.34. The number of piperidine rings is 1. The number of hydrogen-bond acceptors (Lipinski definition) is 4. The Kier molecular flexibility index (Phi) is 6.70. The van der Waals surface area contributed by atoms with Gasteiger partial charge >= 0.3 is 0 Å². The monoisotopic (exact) mass is 402 g/mol. The molecule has 1 N–H and O–H groups in total. The third-order valence-corrected chi connectivity index (χ3v) is 6.77. The molecule has 0 bridgehead atoms. The van der Waals surface area contributed by atoms with Crippen molar-refractivity contribution in [2.45, 2.75) is 43.5 Å². The molecule has 0 spiro atoms. The molecule has 1 amide bonds. The third kappa shape index (κ3) is 4.72. The second kappa shape index (κ2) is 9.21. The fraction of sp³-hybridized carbons (Fsp3) is 0.381. The second-order valence-corrected chi connectivity index (χ2v) is 8.65. The first-order valence-corrected chi connectivity index (χ1v) is 11.0. The number of para-hydroxylation sites is 2. The predicted molar refractivity (Wildman–Crippen MR) is 109 cm³/mol. The molecule has 150 valence electrons. The summed E-state index contributed by atoms with van der Waals surface area (Å²) in [5, 5.41) is 2.87. The van der Waals surface area contributed by atoms with Crippen LogP contribution in [0.2, 0.25) is 0 Å². The van der Waals surface area contributed by atoms with Crippen LogP contribution in [0.3, 0.4) is 0 Å². The number of amides is 1. The highest BCUT2D eigenvalue weighted by atomic mass is 32.2. The van der Waals surface area contributed by atoms with Crippen LogP contribution in [0.25, 0.3) is 0 Å². The number of hydrogen-bond donors (Lipinski definition) is 1. The quantitative estimate of drug-likeness (QED) is 0.767. The normalized spacial score (nSPS) is 17.8. The van der Waals surface area contributed by atoms with E-state index in [1.54, 1.807) is 42.5 Å². The van der Waals surface area contributed by atoms with Crippen LogP contribution in [0.5, 0.6) is 5.75 Å². The minimum Gasteiger partial charge on any atom is -0.492 e. The minimum atomic E-state index is -3.62. The Morgan fingerprint density at radius 3 is 2.57 bits per heavy atom. The van der Waals surface area contributed by atoms with Crippen LogP contribution < -0.4 is 10.1 Å². The van der Waals surface area contributed by atoms with E-state index >= 15 is 0 Å². The van der Waals surface area contributed by atoms with Crippen molar-refractivity contribution >= 4 is 21.6 Å². The first-order chi connectivity index (χ1) is 13.5. The van der Waals surface area contributed by atoms with Crippen LogP contribution in [0.4, 0.5) is 5.69 Å². The van der Waals surface area contributed by atoms with Crippen LogP contribution in [-0.4, -0.2) is 37.8 Å². The van der Waals surface area contributed by atoms with Gasteiger partial charge in [-0.1, -0.05) is 36.8 Å². The van der Waals surface area contributed by atoms with Crippen LogP contribution in [0.15, 0.2) is 59.5 Å². The summed E-state index contributed by atoms with van der Waals surface area (Å²) in [6.07, 6.45) is 2.50. The van der Waals surface area contributed by atoms with Crippen LogP contribution in [-0.2, 0) is 14.8 Å². The average molecular weight is 403 g/mol. The van der Waals surface area contributed by atoms with Gasteiger partial charge in [0.2, 0.25) is 15.9 Å². The lowest BCUT2D eigenvalue weighted by Crippen LogP contribution is -2.45. The van der Waals surface area contributed by atoms with Crippen molar-refractivity contribution in [1.29, 1.82) is 0 Å². The fourth-order valence-corrected chi connectivity index (χ4v) is 5.20. The Labute approximate surface area is 166 Å². The van der Waals surface area contributed by atoms with E-state index in [0.717, 1.165) is 12.8 Å². The SMILES string of the molecule is CCOc1ccccc1NC(=O)C[C@H]1CCCCN1S(=O)(=O)c1ccccc1. The van der Waals surface area contributed by atoms with Crippen molar-refractivity contribution in [3.05, 3.63) is 54.6 Å². The lowest BCUT2D eigenvalue weighted by molar-refractivity contribution is -0.117. The molecule has 1 fully saturated rings. The number of rotatable bonds is 7. The summed E-state index contributed by atoms with van der Waals surface area (Å²) in [5.74, 6) is 0.392. The van der Waals surface area contributed by atoms with Gasteiger partial charge in [0.1, 0.15) is 5.75 Å². The molecule has 0 aliphatic carbocycles. The number of anilines is 1. The van der Waals surface area contributed by atoms with Gasteiger partial charge in [-0.25, -0.2) is 8.42 Å². The molecule has 1 aliphatic rings. The van der Waals surface area contributed by atoms with Gasteiger partial charge in [0.25, 0.3) is 0 Å². The molecule has 28 heavy (non-hydrogen) atoms. The number of carbonyl (C=O) groups excluding carboxylic acids is 1. The van der Waals surface area contributed by atoms with Gasteiger partial charge in [-0.3, -0.25) is 4.79 Å². The molecule has 0 saturated carbocycles. The zero-order chi connectivity index (χ0) is 20.0. The van der Waals surface area contributed by atoms with Crippen LogP contribution in [0, 0.1) is 0 Å². The zero-order valence-corrected chi connectivity index (χ0v) is 16.8. The summed E-state index contributed by atoms with van der Waals surface area (Å²) in [6.45, 7) is 2.82. The third-order valence-electron chi connectivity index (χ3n) is 4.80. The van der Waals surface area contributed by atoms with Gasteiger partial charge in [-0.15, -0.1) is 0 Å². The largest absolute Gasteiger partial charge is 0.492 e. The van der Waals surface area contributed by atoms with E-state index in [-0.39, 0.29) is 23.3 Å². The molecule has 6 nitrogen and oxygen atoms in total. The van der Waals surface area contributed by atoms with Crippen molar-refractivity contribution < 1.29 is 17.9 Å². The minimum absolute atomic E-state index is 0.118. The second-order valence-electron chi connectivity index (χ2n) is 6.76. The van der Waals surface area contributed by atoms with Crippen molar-refractivity contribution in [3.63, 3.8) is 0 Å². The van der Waals surface area contributed by atoms with Gasteiger partial charge in [0, 0.05) is 19.0 Å². The molecular formula is C21H26N2O4S. The van der Waals surface area contributed by atoms with E-state index in [2.05, 4.69) is 5.32 Å². The summed E-state index contributed by atoms with van der Waals surface area (Å²) in [7, 11) is -3.62. The number of sulfonamides is 1. The summed E-state index contributed by atoms with van der Waals surface area (Å²) in [6, 6.07) is 15.3. The Morgan fingerprint density at radius 1 is 1.11 bits per heavy atom. The molecule has 1 heterocycles. The Balaban J connectivity index is 1.74. The van der Waals surface area contributed by atoms with E-state index in [9.17, 15) is 13.2 Å². The molecule has 1 atom stereocenters. The molecule has 3 rings (SSSR count). The maximum Gasteiger partial charge on any atom is 0.243 e. The molecule has 1 aliphatic heterocycles. The van der Waals surface area contributed by atoms with Gasteiger partial charge in [-0.05, 0) is 44.0 Å². The van der Waals surface area contributed by atoms with Crippen LogP contribution >= 0.6 is 0 Å². The Hall–Kier alpha value is -2.38. The van der Waals surface area contributed by atoms with Gasteiger partial charge in [0.05, 0.1) is 17.2 Å². The van der Waals surface area contributed by atoms with Gasteiger partial charge in [0.15, 0.2) is 0 Å². The number of benzene rings is 2. The summed E-state index contributed by atoms with van der Waals surface area (Å²) >= 11 is 0. The molecule has 1 saturated heterocycles. The van der Waals surface area contributed by atoms with Crippen molar-refractivity contribution in [2.75, 3.05) is 18.5 Å². The number of nitrogens with one attached hydrogen (secondary N) is 1. The van der Waals surface area contributed by atoms with E-state index in [4.69, 9.17) is 4.74 Å². The van der Waals surface area contributed by atoms with Crippen molar-refractivity contribution in [3.8, 4) is 5.75 Å². The Bertz CT molecular complexity index is 900. The van der Waals surface area contributed by atoms with Crippen molar-refractivity contribution in [2.24, 2.45) is 0 Å². The first kappa shape index (κ1) is 20.4. The molecule has 7 heteroatoms. The fourth-order valence-electron chi connectivity index (χ4n) is 3.49. The molecule has 0 radical (unpaired) electrons. The highest BCUT2D eigenvalue weighted by Crippen LogP contribution is 2.28. The predicted octanol–water partition coefficient (Wildman–Crippen LogP) is 3.66. The zero-order valence-electron chi connectivity index (χ0n) is 16.0. The summed E-state index contributed by atoms with van der Waals surface area (Å²) in [5.41, 5.74) is 0.600. The van der Waals surface area contributed by atoms with Gasteiger partial charge in [-0.2, -0.15) is 4.31 Å². The summed E-state index contributed by atoms with van der Waals surface area (Å²) < 4.78 is 33.1. The number of nitrogens with zero attached hydrogens (tertiary/aromatic N) is 1. The molecule has 0 unspecified atom stereocenters. The maximum atomic E-state index is 13.1. The topological polar surface area (TPSA) is 75.7 Å². The lowest BCUT2D eigenvalue weighted by Gasteiger charge is -2.34. The van der Waals surface area contributed by atoms with E-state index in [1.165, 1.54) is 4.31 Å². The maximum absolute atomic E-state index is 13.1. The molecule has 2 aromatic carbocycles. The average Bonchev–Trinajstić information content (AvgIpc) is 2.70. The van der Waals surface area contributed by atoms with Gasteiger partial charge < -0.3 is 10.1 Å². The highest BCUT2D eigenvalue weighted by molar-refractivity contribution is 7.89. The standard InChI is InChI=1S/C21H26N2O4S/c1-2-27-20-14-7-6-13-19(20)22-21(24)16-17-10-8-9-15-23(17)28(25,26)18-11-4-3-5-12-18/h3-7,11-14,17H,2,8-10,15-16H2,1H3,(H,22,24)/t17-/m1/s1. The molecular weight excluding hydrogens is 376 g/mol. The van der Waals surface area contributed by atoms with E-state index < -0.39 is 10.0 Å². The molecule has 0 aromatic heterocycles. The summed E-state index contributed by atoms with van der Waals surface area (Å²) in [4.78, 5) is 12.9.